The van der Waals surface area contributed by atoms with Crippen LogP contribution in [0.15, 0.2) is 46.0 Å². The number of thiazole rings is 1. The average Bonchev–Trinajstić information content (AvgIpc) is 3.37. The summed E-state index contributed by atoms with van der Waals surface area (Å²) in [6, 6.07) is 7.29. The fraction of sp³-hybridized carbons (Fsp3) is 0.263. The van der Waals surface area contributed by atoms with Crippen molar-refractivity contribution in [3.63, 3.8) is 0 Å². The molecule has 2 aromatic heterocycles. The third-order valence-corrected chi connectivity index (χ3v) is 8.55. The molecule has 1 aliphatic rings. The van der Waals surface area contributed by atoms with Gasteiger partial charge in [0.2, 0.25) is 10.0 Å². The molecule has 0 atom stereocenters. The maximum atomic E-state index is 14.0. The summed E-state index contributed by atoms with van der Waals surface area (Å²) in [5, 5.41) is 4.75. The van der Waals surface area contributed by atoms with Crippen molar-refractivity contribution in [1.29, 1.82) is 0 Å². The second-order valence-electron chi connectivity index (χ2n) is 6.57. The molecule has 1 amide bonds. The van der Waals surface area contributed by atoms with E-state index in [0.717, 1.165) is 16.6 Å². The number of nitrogens with zero attached hydrogens (tertiary/aromatic N) is 3. The van der Waals surface area contributed by atoms with Crippen LogP contribution < -0.4 is 0 Å². The van der Waals surface area contributed by atoms with E-state index in [1.54, 1.807) is 23.2 Å². The van der Waals surface area contributed by atoms with E-state index in [4.69, 9.17) is 0 Å². The minimum Gasteiger partial charge on any atom is -0.335 e. The highest BCUT2D eigenvalue weighted by atomic mass is 32.2. The number of carbonyl (C=O) groups excluding carboxylic acids is 1. The molecule has 0 saturated carbocycles. The van der Waals surface area contributed by atoms with Gasteiger partial charge in [-0.3, -0.25) is 4.79 Å². The topological polar surface area (TPSA) is 70.6 Å². The van der Waals surface area contributed by atoms with Crippen LogP contribution in [0.25, 0.3) is 10.6 Å². The van der Waals surface area contributed by atoms with Crippen LogP contribution in [0.1, 0.15) is 15.4 Å². The number of benzene rings is 1. The van der Waals surface area contributed by atoms with E-state index >= 15 is 0 Å². The summed E-state index contributed by atoms with van der Waals surface area (Å²) in [7, 11) is -3.93. The van der Waals surface area contributed by atoms with Gasteiger partial charge in [-0.2, -0.15) is 15.6 Å². The first kappa shape index (κ1) is 20.1. The van der Waals surface area contributed by atoms with Gasteiger partial charge in [0.05, 0.1) is 5.69 Å². The number of rotatable bonds is 4. The van der Waals surface area contributed by atoms with Crippen molar-refractivity contribution in [3.8, 4) is 10.6 Å². The lowest BCUT2D eigenvalue weighted by Gasteiger charge is -2.33. The molecule has 0 bridgehead atoms. The third-order valence-electron chi connectivity index (χ3n) is 4.74. The van der Waals surface area contributed by atoms with Crippen LogP contribution in [0.4, 0.5) is 4.39 Å². The Labute approximate surface area is 176 Å². The van der Waals surface area contributed by atoms with E-state index in [0.29, 0.717) is 10.6 Å². The molecular weight excluding hydrogens is 433 g/mol. The molecule has 3 heterocycles. The molecule has 29 heavy (non-hydrogen) atoms. The highest BCUT2D eigenvalue weighted by Gasteiger charge is 2.33. The Morgan fingerprint density at radius 3 is 2.52 bits per heavy atom. The van der Waals surface area contributed by atoms with E-state index in [1.807, 2.05) is 16.8 Å². The molecule has 0 unspecified atom stereocenters. The summed E-state index contributed by atoms with van der Waals surface area (Å²) < 4.78 is 40.6. The van der Waals surface area contributed by atoms with Crippen molar-refractivity contribution in [2.24, 2.45) is 0 Å². The third kappa shape index (κ3) is 3.85. The molecule has 1 fully saturated rings. The molecule has 1 aromatic carbocycles. The minimum absolute atomic E-state index is 0.123. The summed E-state index contributed by atoms with van der Waals surface area (Å²) in [6.45, 7) is 2.54. The number of hydrogen-bond acceptors (Lipinski definition) is 6. The molecule has 3 aromatic rings. The zero-order chi connectivity index (χ0) is 20.6. The van der Waals surface area contributed by atoms with Gasteiger partial charge in [-0.15, -0.1) is 11.3 Å². The van der Waals surface area contributed by atoms with Crippen LogP contribution in [0, 0.1) is 12.7 Å². The van der Waals surface area contributed by atoms with Crippen molar-refractivity contribution >= 4 is 38.6 Å². The van der Waals surface area contributed by atoms with Gasteiger partial charge >= 0.3 is 0 Å². The van der Waals surface area contributed by atoms with Crippen molar-refractivity contribution in [2.75, 3.05) is 26.2 Å². The number of hydrogen-bond donors (Lipinski definition) is 0. The van der Waals surface area contributed by atoms with Gasteiger partial charge in [-0.25, -0.2) is 17.8 Å². The smallest absolute Gasteiger partial charge is 0.265 e. The van der Waals surface area contributed by atoms with Crippen molar-refractivity contribution in [3.05, 3.63) is 57.5 Å². The molecule has 0 aliphatic carbocycles. The number of aryl methyl sites for hydroxylation is 1. The first-order chi connectivity index (χ1) is 13.9. The Morgan fingerprint density at radius 1 is 1.14 bits per heavy atom. The summed E-state index contributed by atoms with van der Waals surface area (Å²) in [4.78, 5) is 19.3. The van der Waals surface area contributed by atoms with Crippen LogP contribution >= 0.6 is 22.7 Å². The van der Waals surface area contributed by atoms with Crippen LogP contribution in [0.5, 0.6) is 0 Å². The van der Waals surface area contributed by atoms with Crippen molar-refractivity contribution in [2.45, 2.75) is 11.8 Å². The van der Waals surface area contributed by atoms with Crippen LogP contribution in [-0.4, -0.2) is 54.7 Å². The van der Waals surface area contributed by atoms with Gasteiger partial charge in [0, 0.05) is 37.1 Å². The first-order valence-corrected chi connectivity index (χ1v) is 12.1. The predicted molar refractivity (Wildman–Crippen MR) is 111 cm³/mol. The van der Waals surface area contributed by atoms with Gasteiger partial charge in [-0.05, 0) is 30.5 Å². The molecular formula is C19H18FN3O3S3. The summed E-state index contributed by atoms with van der Waals surface area (Å²) >= 11 is 2.92. The molecule has 0 radical (unpaired) electrons. The quantitative estimate of drug-likeness (QED) is 0.609. The normalized spacial score (nSPS) is 15.6. The standard InChI is InChI=1S/C19H18FN3O3S3/c1-13-17(28-18(21-13)14-6-11-27-12-14)19(24)22-7-9-23(10-8-22)29(25,26)16-5-3-2-4-15(16)20/h2-6,11-12H,7-10H2,1H3. The largest absolute Gasteiger partial charge is 0.335 e. The maximum absolute atomic E-state index is 14.0. The molecule has 0 N–H and O–H groups in total. The minimum atomic E-state index is -3.93. The lowest BCUT2D eigenvalue weighted by molar-refractivity contribution is 0.0701. The molecule has 1 aliphatic heterocycles. The Hall–Kier alpha value is -2.14. The molecule has 0 spiro atoms. The zero-order valence-corrected chi connectivity index (χ0v) is 18.0. The van der Waals surface area contributed by atoms with Gasteiger partial charge < -0.3 is 4.90 Å². The molecule has 10 heteroatoms. The molecule has 4 rings (SSSR count). The van der Waals surface area contributed by atoms with Gasteiger partial charge in [0.15, 0.2) is 0 Å². The first-order valence-electron chi connectivity index (χ1n) is 8.92. The second-order valence-corrected chi connectivity index (χ2v) is 10.3. The Bertz CT molecular complexity index is 1130. The summed E-state index contributed by atoms with van der Waals surface area (Å²) in [5.41, 5.74) is 1.66. The molecule has 6 nitrogen and oxygen atoms in total. The maximum Gasteiger partial charge on any atom is 0.265 e. The van der Waals surface area contributed by atoms with Crippen LogP contribution in [-0.2, 0) is 10.0 Å². The number of sulfonamides is 1. The van der Waals surface area contributed by atoms with Crippen molar-refractivity contribution < 1.29 is 17.6 Å². The van der Waals surface area contributed by atoms with E-state index in [-0.39, 0.29) is 37.0 Å². The number of amides is 1. The SMILES string of the molecule is Cc1nc(-c2ccsc2)sc1C(=O)N1CCN(S(=O)(=O)c2ccccc2F)CC1. The zero-order valence-electron chi connectivity index (χ0n) is 15.5. The lowest BCUT2D eigenvalue weighted by Crippen LogP contribution is -2.50. The van der Waals surface area contributed by atoms with Gasteiger partial charge in [0.25, 0.3) is 5.91 Å². The summed E-state index contributed by atoms with van der Waals surface area (Å²) in [5.74, 6) is -0.920. The Balaban J connectivity index is 1.48. The number of carbonyl (C=O) groups is 1. The lowest BCUT2D eigenvalue weighted by atomic mass is 10.3. The van der Waals surface area contributed by atoms with Crippen molar-refractivity contribution in [1.82, 2.24) is 14.2 Å². The molecule has 152 valence electrons. The number of thiophene rings is 1. The monoisotopic (exact) mass is 451 g/mol. The van der Waals surface area contributed by atoms with Crippen LogP contribution in [0.2, 0.25) is 0 Å². The number of aromatic nitrogens is 1. The fourth-order valence-corrected chi connectivity index (χ4v) is 6.41. The van der Waals surface area contributed by atoms with Gasteiger partial charge in [0.1, 0.15) is 20.6 Å². The highest BCUT2D eigenvalue weighted by molar-refractivity contribution is 7.89. The average molecular weight is 452 g/mol. The molecule has 1 saturated heterocycles. The summed E-state index contributed by atoms with van der Waals surface area (Å²) in [6.07, 6.45) is 0. The number of piperazine rings is 1. The van der Waals surface area contributed by atoms with E-state index in [1.165, 1.54) is 33.8 Å². The Morgan fingerprint density at radius 2 is 1.86 bits per heavy atom. The fourth-order valence-electron chi connectivity index (χ4n) is 3.17. The second kappa shape index (κ2) is 7.94. The van der Waals surface area contributed by atoms with E-state index in [9.17, 15) is 17.6 Å². The van der Waals surface area contributed by atoms with Gasteiger partial charge in [-0.1, -0.05) is 12.1 Å². The van der Waals surface area contributed by atoms with Crippen LogP contribution in [0.3, 0.4) is 0 Å². The Kier molecular flexibility index (Phi) is 5.52. The number of halogens is 1. The highest BCUT2D eigenvalue weighted by Crippen LogP contribution is 2.30. The van der Waals surface area contributed by atoms with E-state index in [2.05, 4.69) is 4.98 Å². The van der Waals surface area contributed by atoms with E-state index < -0.39 is 15.8 Å². The predicted octanol–water partition coefficient (Wildman–Crippen LogP) is 3.47.